The number of piperidine rings is 1. The molecule has 4 rings (SSSR count). The lowest BCUT2D eigenvalue weighted by molar-refractivity contribution is 0.195. The van der Waals surface area contributed by atoms with Crippen molar-refractivity contribution in [2.75, 3.05) is 27.3 Å². The lowest BCUT2D eigenvalue weighted by Gasteiger charge is -2.31. The maximum atomic E-state index is 5.52. The zero-order valence-electron chi connectivity index (χ0n) is 17.0. The number of aromatic nitrogens is 4. The van der Waals surface area contributed by atoms with Gasteiger partial charge in [-0.2, -0.15) is 4.98 Å². The zero-order chi connectivity index (χ0) is 20.2. The van der Waals surface area contributed by atoms with E-state index >= 15 is 0 Å². The van der Waals surface area contributed by atoms with Gasteiger partial charge in [0.1, 0.15) is 17.2 Å². The van der Waals surface area contributed by atoms with E-state index in [1.54, 1.807) is 26.6 Å². The van der Waals surface area contributed by atoms with E-state index in [-0.39, 0.29) is 5.92 Å². The van der Waals surface area contributed by atoms with Gasteiger partial charge < -0.3 is 14.0 Å². The van der Waals surface area contributed by atoms with Crippen molar-refractivity contribution >= 4 is 0 Å². The molecule has 8 heteroatoms. The number of rotatable bonds is 6. The van der Waals surface area contributed by atoms with Crippen molar-refractivity contribution in [3.63, 3.8) is 0 Å². The van der Waals surface area contributed by atoms with Gasteiger partial charge in [-0.15, -0.1) is 0 Å². The summed E-state index contributed by atoms with van der Waals surface area (Å²) in [6.45, 7) is 4.57. The molecule has 0 aliphatic carbocycles. The first kappa shape index (κ1) is 19.3. The van der Waals surface area contributed by atoms with E-state index < -0.39 is 0 Å². The Hall–Kier alpha value is -3.00. The fraction of sp³-hybridized carbons (Fsp3) is 0.429. The first-order valence-corrected chi connectivity index (χ1v) is 9.72. The molecule has 152 valence electrons. The summed E-state index contributed by atoms with van der Waals surface area (Å²) in [7, 11) is 3.38. The molecule has 1 aromatic carbocycles. The quantitative estimate of drug-likeness (QED) is 0.629. The second-order valence-corrected chi connectivity index (χ2v) is 7.19. The van der Waals surface area contributed by atoms with E-state index in [4.69, 9.17) is 14.0 Å². The molecule has 0 N–H and O–H groups in total. The van der Waals surface area contributed by atoms with E-state index in [9.17, 15) is 0 Å². The average Bonchev–Trinajstić information content (AvgIpc) is 3.25. The number of nitrogens with zero attached hydrogens (tertiary/aromatic N) is 5. The average molecular weight is 395 g/mol. The van der Waals surface area contributed by atoms with Crippen molar-refractivity contribution < 1.29 is 14.0 Å². The number of methoxy groups -OCH3 is 2. The summed E-state index contributed by atoms with van der Waals surface area (Å²) in [6.07, 6.45) is 5.30. The van der Waals surface area contributed by atoms with Crippen LogP contribution in [0, 0.1) is 6.92 Å². The van der Waals surface area contributed by atoms with Crippen LogP contribution in [0.15, 0.2) is 35.1 Å². The fourth-order valence-electron chi connectivity index (χ4n) is 3.66. The monoisotopic (exact) mass is 395 g/mol. The molecular formula is C21H25N5O3. The summed E-state index contributed by atoms with van der Waals surface area (Å²) in [5.41, 5.74) is 2.54. The Balaban J connectivity index is 1.40. The molecule has 0 saturated carbocycles. The van der Waals surface area contributed by atoms with Crippen LogP contribution in [0.5, 0.6) is 11.5 Å². The van der Waals surface area contributed by atoms with E-state index in [1.807, 2.05) is 25.1 Å². The number of benzene rings is 1. The van der Waals surface area contributed by atoms with Crippen LogP contribution in [0.1, 0.15) is 35.8 Å². The third-order valence-corrected chi connectivity index (χ3v) is 5.31. The van der Waals surface area contributed by atoms with Gasteiger partial charge in [-0.05, 0) is 45.0 Å². The Morgan fingerprint density at radius 2 is 1.79 bits per heavy atom. The van der Waals surface area contributed by atoms with Crippen LogP contribution in [0.4, 0.5) is 0 Å². The number of likely N-dealkylation sites (tertiary alicyclic amines) is 1. The normalized spacial score (nSPS) is 15.4. The summed E-state index contributed by atoms with van der Waals surface area (Å²) in [5.74, 6) is 3.16. The molecule has 1 aliphatic heterocycles. The van der Waals surface area contributed by atoms with Crippen LogP contribution >= 0.6 is 0 Å². The van der Waals surface area contributed by atoms with Crippen LogP contribution in [0.2, 0.25) is 0 Å². The lowest BCUT2D eigenvalue weighted by atomic mass is 9.95. The molecule has 1 fully saturated rings. The van der Waals surface area contributed by atoms with E-state index in [0.29, 0.717) is 11.6 Å². The number of ether oxygens (including phenoxy) is 2. The van der Waals surface area contributed by atoms with E-state index in [0.717, 1.165) is 61.1 Å². The molecule has 1 aliphatic rings. The molecule has 0 spiro atoms. The minimum Gasteiger partial charge on any atom is -0.496 e. The third kappa shape index (κ3) is 4.22. The summed E-state index contributed by atoms with van der Waals surface area (Å²) in [4.78, 5) is 15.5. The highest BCUT2D eigenvalue weighted by Crippen LogP contribution is 2.33. The number of aryl methyl sites for hydroxylation is 1. The topological polar surface area (TPSA) is 86.4 Å². The van der Waals surface area contributed by atoms with Gasteiger partial charge in [0, 0.05) is 18.7 Å². The van der Waals surface area contributed by atoms with Crippen LogP contribution in [0.3, 0.4) is 0 Å². The Kier molecular flexibility index (Phi) is 5.71. The molecule has 3 heterocycles. The van der Waals surface area contributed by atoms with Crippen molar-refractivity contribution in [2.45, 2.75) is 32.2 Å². The Labute approximate surface area is 169 Å². The molecule has 29 heavy (non-hydrogen) atoms. The second kappa shape index (κ2) is 8.57. The summed E-state index contributed by atoms with van der Waals surface area (Å²) < 4.78 is 16.5. The Morgan fingerprint density at radius 3 is 2.41 bits per heavy atom. The molecule has 0 atom stereocenters. The maximum Gasteiger partial charge on any atom is 0.278 e. The predicted molar refractivity (Wildman–Crippen MR) is 107 cm³/mol. The van der Waals surface area contributed by atoms with Gasteiger partial charge in [0.2, 0.25) is 0 Å². The van der Waals surface area contributed by atoms with Gasteiger partial charge in [0.05, 0.1) is 31.7 Å². The molecule has 8 nitrogen and oxygen atoms in total. The van der Waals surface area contributed by atoms with Gasteiger partial charge in [0.15, 0.2) is 5.82 Å². The highest BCUT2D eigenvalue weighted by molar-refractivity contribution is 5.45. The number of hydrogen-bond donors (Lipinski definition) is 0. The molecule has 1 saturated heterocycles. The molecule has 0 amide bonds. The lowest BCUT2D eigenvalue weighted by Crippen LogP contribution is -2.33. The van der Waals surface area contributed by atoms with Gasteiger partial charge in [-0.1, -0.05) is 11.2 Å². The summed E-state index contributed by atoms with van der Waals surface area (Å²) in [6, 6.07) is 5.89. The molecule has 0 bridgehead atoms. The minimum atomic E-state index is 0.279. The Bertz CT molecular complexity index is 927. The second-order valence-electron chi connectivity index (χ2n) is 7.19. The first-order chi connectivity index (χ1) is 14.2. The van der Waals surface area contributed by atoms with Crippen molar-refractivity contribution in [2.24, 2.45) is 0 Å². The smallest absolute Gasteiger partial charge is 0.278 e. The van der Waals surface area contributed by atoms with Crippen molar-refractivity contribution in [1.82, 2.24) is 25.0 Å². The highest BCUT2D eigenvalue weighted by atomic mass is 16.5. The largest absolute Gasteiger partial charge is 0.496 e. The van der Waals surface area contributed by atoms with Crippen molar-refractivity contribution in [3.05, 3.63) is 47.7 Å². The van der Waals surface area contributed by atoms with Gasteiger partial charge in [-0.3, -0.25) is 9.88 Å². The van der Waals surface area contributed by atoms with Gasteiger partial charge in [-0.25, -0.2) is 4.98 Å². The van der Waals surface area contributed by atoms with Crippen molar-refractivity contribution in [1.29, 1.82) is 0 Å². The minimum absolute atomic E-state index is 0.279. The SMILES string of the molecule is COc1cccc(OC)c1CN1CCC(c2noc(-c3cnc(C)cn3)n2)CC1. The third-order valence-electron chi connectivity index (χ3n) is 5.31. The summed E-state index contributed by atoms with van der Waals surface area (Å²) >= 11 is 0. The van der Waals surface area contributed by atoms with E-state index in [1.165, 1.54) is 0 Å². The number of hydrogen-bond acceptors (Lipinski definition) is 8. The molecule has 3 aromatic rings. The highest BCUT2D eigenvalue weighted by Gasteiger charge is 2.26. The zero-order valence-corrected chi connectivity index (χ0v) is 17.0. The maximum absolute atomic E-state index is 5.52. The van der Waals surface area contributed by atoms with Crippen molar-refractivity contribution in [3.8, 4) is 23.1 Å². The van der Waals surface area contributed by atoms with Crippen LogP contribution in [0.25, 0.3) is 11.6 Å². The first-order valence-electron chi connectivity index (χ1n) is 9.72. The molecule has 0 unspecified atom stereocenters. The Morgan fingerprint density at radius 1 is 1.07 bits per heavy atom. The summed E-state index contributed by atoms with van der Waals surface area (Å²) in [5, 5.41) is 4.19. The van der Waals surface area contributed by atoms with Crippen LogP contribution < -0.4 is 9.47 Å². The van der Waals surface area contributed by atoms with Gasteiger partial charge >= 0.3 is 0 Å². The molecule has 0 radical (unpaired) electrons. The standard InChI is InChI=1S/C21H25N5O3/c1-14-11-23-17(12-22-14)21-24-20(25-29-21)15-7-9-26(10-8-15)13-16-18(27-2)5-4-6-19(16)28-3/h4-6,11-12,15H,7-10,13H2,1-3H3. The molecular weight excluding hydrogens is 370 g/mol. The van der Waals surface area contributed by atoms with Crippen LogP contribution in [-0.4, -0.2) is 52.3 Å². The fourth-order valence-corrected chi connectivity index (χ4v) is 3.66. The predicted octanol–water partition coefficient (Wildman–Crippen LogP) is 3.23. The van der Waals surface area contributed by atoms with Gasteiger partial charge in [0.25, 0.3) is 5.89 Å². The molecule has 2 aromatic heterocycles. The van der Waals surface area contributed by atoms with E-state index in [2.05, 4.69) is 25.0 Å². The van der Waals surface area contributed by atoms with Crippen LogP contribution in [-0.2, 0) is 6.54 Å².